The molecule has 0 radical (unpaired) electrons. The van der Waals surface area contributed by atoms with Crippen molar-refractivity contribution in [3.8, 4) is 0 Å². The van der Waals surface area contributed by atoms with E-state index in [1.807, 2.05) is 0 Å². The van der Waals surface area contributed by atoms with Gasteiger partial charge in [-0.15, -0.1) is 0 Å². The molecular weight excluding hydrogens is 198 g/mol. The van der Waals surface area contributed by atoms with E-state index in [-0.39, 0.29) is 0 Å². The van der Waals surface area contributed by atoms with Crippen LogP contribution in [0, 0.1) is 16.7 Å². The van der Waals surface area contributed by atoms with Crippen molar-refractivity contribution in [1.82, 2.24) is 9.80 Å². The second kappa shape index (κ2) is 3.01. The summed E-state index contributed by atoms with van der Waals surface area (Å²) < 4.78 is 0. The summed E-state index contributed by atoms with van der Waals surface area (Å²) in [6, 6.07) is 0.376. The van der Waals surface area contributed by atoms with E-state index in [1.165, 1.54) is 26.2 Å². The summed E-state index contributed by atoms with van der Waals surface area (Å²) in [6.45, 7) is 14.2. The van der Waals surface area contributed by atoms with Crippen molar-refractivity contribution in [3.05, 3.63) is 0 Å². The van der Waals surface area contributed by atoms with Crippen molar-refractivity contribution in [2.45, 2.75) is 39.9 Å². The number of hydrogen-bond donors (Lipinski definition) is 1. The van der Waals surface area contributed by atoms with Crippen LogP contribution in [0.25, 0.3) is 0 Å². The maximum absolute atomic E-state index is 6.50. The fourth-order valence-corrected chi connectivity index (χ4v) is 4.75. The van der Waals surface area contributed by atoms with Crippen molar-refractivity contribution >= 4 is 0 Å². The van der Waals surface area contributed by atoms with E-state index in [2.05, 4.69) is 37.5 Å². The van der Waals surface area contributed by atoms with Crippen molar-refractivity contribution in [3.63, 3.8) is 0 Å². The van der Waals surface area contributed by atoms with E-state index < -0.39 is 0 Å². The molecule has 3 nitrogen and oxygen atoms in total. The summed E-state index contributed by atoms with van der Waals surface area (Å²) in [6.07, 6.45) is 0.661. The summed E-state index contributed by atoms with van der Waals surface area (Å²) in [5, 5.41) is 0. The van der Waals surface area contributed by atoms with Gasteiger partial charge in [0.05, 0.1) is 6.17 Å². The second-order valence-electron chi connectivity index (χ2n) is 7.25. The van der Waals surface area contributed by atoms with Gasteiger partial charge in [-0.25, -0.2) is 0 Å². The van der Waals surface area contributed by atoms with Gasteiger partial charge < -0.3 is 5.73 Å². The van der Waals surface area contributed by atoms with Gasteiger partial charge in [0.25, 0.3) is 0 Å². The van der Waals surface area contributed by atoms with Gasteiger partial charge in [-0.05, 0) is 5.92 Å². The van der Waals surface area contributed by atoms with Gasteiger partial charge in [0.1, 0.15) is 0 Å². The molecule has 0 atom stereocenters. The lowest BCUT2D eigenvalue weighted by atomic mass is 9.59. The highest BCUT2D eigenvalue weighted by Crippen LogP contribution is 2.50. The lowest BCUT2D eigenvalue weighted by Crippen LogP contribution is -2.81. The monoisotopic (exact) mass is 223 g/mol. The molecule has 92 valence electrons. The Bertz CT molecular complexity index is 274. The maximum atomic E-state index is 6.50. The predicted octanol–water partition coefficient (Wildman–Crippen LogP) is 0.953. The largest absolute Gasteiger partial charge is 0.327 e. The Labute approximate surface area is 99.0 Å². The first-order valence-electron chi connectivity index (χ1n) is 6.59. The summed E-state index contributed by atoms with van der Waals surface area (Å²) >= 11 is 0. The Kier molecular flexibility index (Phi) is 2.07. The molecule has 0 aromatic rings. The van der Waals surface area contributed by atoms with Gasteiger partial charge in [0.2, 0.25) is 0 Å². The number of nitrogens with zero attached hydrogens (tertiary/aromatic N) is 2. The van der Waals surface area contributed by atoms with Crippen LogP contribution in [-0.2, 0) is 0 Å². The third-order valence-electron chi connectivity index (χ3n) is 5.10. The van der Waals surface area contributed by atoms with Gasteiger partial charge in [-0.1, -0.05) is 27.7 Å². The molecule has 4 aliphatic heterocycles. The Hall–Kier alpha value is -0.120. The van der Waals surface area contributed by atoms with Crippen LogP contribution in [-0.4, -0.2) is 48.2 Å². The molecule has 0 unspecified atom stereocenters. The summed E-state index contributed by atoms with van der Waals surface area (Å²) in [7, 11) is 0. The summed E-state index contributed by atoms with van der Waals surface area (Å²) in [4.78, 5) is 5.36. The van der Waals surface area contributed by atoms with E-state index in [0.29, 0.717) is 23.0 Å². The van der Waals surface area contributed by atoms with E-state index in [9.17, 15) is 0 Å². The lowest BCUT2D eigenvalue weighted by Gasteiger charge is -2.69. The zero-order valence-corrected chi connectivity index (χ0v) is 11.0. The molecule has 16 heavy (non-hydrogen) atoms. The molecular formula is C13H25N3. The molecule has 0 aromatic heterocycles. The molecule has 4 rings (SSSR count). The van der Waals surface area contributed by atoms with Crippen molar-refractivity contribution < 1.29 is 0 Å². The molecule has 0 amide bonds. The summed E-state index contributed by atoms with van der Waals surface area (Å²) in [5.41, 5.74) is 7.14. The van der Waals surface area contributed by atoms with Gasteiger partial charge in [0, 0.05) is 43.1 Å². The Balaban J connectivity index is 1.97. The average molecular weight is 223 g/mol. The topological polar surface area (TPSA) is 32.5 Å². The summed E-state index contributed by atoms with van der Waals surface area (Å²) in [5.74, 6) is 0.725. The quantitative estimate of drug-likeness (QED) is 0.718. The standard InChI is InChI=1S/C13H25N3/c1-9(2)10-15-5-12(3)6-16(10)8-13(4,7-15)11(12)14/h9-11H,5-8,14H2,1-4H3. The average Bonchev–Trinajstić information content (AvgIpc) is 2.11. The lowest BCUT2D eigenvalue weighted by molar-refractivity contribution is -0.213. The molecule has 4 heterocycles. The van der Waals surface area contributed by atoms with Crippen molar-refractivity contribution in [2.75, 3.05) is 26.2 Å². The third-order valence-corrected chi connectivity index (χ3v) is 5.10. The van der Waals surface area contributed by atoms with E-state index in [4.69, 9.17) is 5.73 Å². The smallest absolute Gasteiger partial charge is 0.0646 e. The van der Waals surface area contributed by atoms with Crippen LogP contribution in [0.15, 0.2) is 0 Å². The Morgan fingerprint density at radius 2 is 1.38 bits per heavy atom. The molecule has 4 saturated heterocycles. The van der Waals surface area contributed by atoms with Crippen LogP contribution < -0.4 is 5.73 Å². The molecule has 0 aliphatic carbocycles. The molecule has 2 N–H and O–H groups in total. The van der Waals surface area contributed by atoms with Crippen molar-refractivity contribution in [2.24, 2.45) is 22.5 Å². The van der Waals surface area contributed by atoms with E-state index in [1.54, 1.807) is 0 Å². The predicted molar refractivity (Wildman–Crippen MR) is 66.0 cm³/mol. The molecule has 4 fully saturated rings. The Morgan fingerprint density at radius 1 is 1.00 bits per heavy atom. The van der Waals surface area contributed by atoms with Gasteiger partial charge in [0.15, 0.2) is 0 Å². The number of nitrogens with two attached hydrogens (primary N) is 1. The van der Waals surface area contributed by atoms with Crippen LogP contribution in [0.4, 0.5) is 0 Å². The highest BCUT2D eigenvalue weighted by atomic mass is 15.4. The highest BCUT2D eigenvalue weighted by Gasteiger charge is 2.60. The first-order valence-corrected chi connectivity index (χ1v) is 6.59. The molecule has 4 aliphatic rings. The van der Waals surface area contributed by atoms with Gasteiger partial charge in [-0.3, -0.25) is 9.80 Å². The van der Waals surface area contributed by atoms with Crippen LogP contribution in [0.1, 0.15) is 27.7 Å². The number of rotatable bonds is 1. The van der Waals surface area contributed by atoms with Gasteiger partial charge in [-0.2, -0.15) is 0 Å². The minimum absolute atomic E-state index is 0.316. The molecule has 0 saturated carbocycles. The SMILES string of the molecule is CC(C)C1N2CC3(C)CN1CC(C)(C2)C3N. The van der Waals surface area contributed by atoms with Crippen LogP contribution in [0.2, 0.25) is 0 Å². The molecule has 0 spiro atoms. The Morgan fingerprint density at radius 3 is 1.69 bits per heavy atom. The number of piperidine rings is 2. The molecule has 3 heteroatoms. The fraction of sp³-hybridized carbons (Fsp3) is 1.00. The zero-order chi connectivity index (χ0) is 11.7. The fourth-order valence-electron chi connectivity index (χ4n) is 4.75. The first kappa shape index (κ1) is 11.0. The number of hydrogen-bond acceptors (Lipinski definition) is 3. The normalized spacial score (nSPS) is 59.6. The van der Waals surface area contributed by atoms with Gasteiger partial charge >= 0.3 is 0 Å². The maximum Gasteiger partial charge on any atom is 0.0646 e. The first-order chi connectivity index (χ1) is 7.36. The van der Waals surface area contributed by atoms with Crippen LogP contribution >= 0.6 is 0 Å². The second-order valence-corrected chi connectivity index (χ2v) is 7.25. The van der Waals surface area contributed by atoms with E-state index >= 15 is 0 Å². The van der Waals surface area contributed by atoms with Crippen LogP contribution in [0.3, 0.4) is 0 Å². The minimum atomic E-state index is 0.316. The molecule has 0 aromatic carbocycles. The molecule has 4 bridgehead atoms. The van der Waals surface area contributed by atoms with Crippen LogP contribution in [0.5, 0.6) is 0 Å². The highest BCUT2D eigenvalue weighted by molar-refractivity contribution is 5.14. The zero-order valence-electron chi connectivity index (χ0n) is 11.0. The van der Waals surface area contributed by atoms with E-state index in [0.717, 1.165) is 5.92 Å². The third kappa shape index (κ3) is 1.20. The minimum Gasteiger partial charge on any atom is -0.327 e. The van der Waals surface area contributed by atoms with Crippen molar-refractivity contribution in [1.29, 1.82) is 0 Å².